The molecular weight excluding hydrogens is 380 g/mol. The Balaban J connectivity index is 1.41. The van der Waals surface area contributed by atoms with Gasteiger partial charge in [-0.1, -0.05) is 36.8 Å². The van der Waals surface area contributed by atoms with Gasteiger partial charge in [0.15, 0.2) is 0 Å². The Kier molecular flexibility index (Phi) is 6.54. The lowest BCUT2D eigenvalue weighted by Gasteiger charge is -2.27. The van der Waals surface area contributed by atoms with Crippen molar-refractivity contribution in [3.05, 3.63) is 65.0 Å². The number of benzene rings is 2. The fraction of sp³-hybridized carbons (Fsp3) is 0.304. The van der Waals surface area contributed by atoms with Crippen LogP contribution >= 0.6 is 11.3 Å². The SMILES string of the molecule is COc1ccc(C=NNc2nc(-c3ccccc3)cs2)cc1CN1CCCCC1. The molecule has 0 saturated carbocycles. The molecule has 29 heavy (non-hydrogen) atoms. The Bertz CT molecular complexity index is 949. The van der Waals surface area contributed by atoms with E-state index < -0.39 is 0 Å². The van der Waals surface area contributed by atoms with E-state index in [-0.39, 0.29) is 0 Å². The van der Waals surface area contributed by atoms with Gasteiger partial charge in [-0.25, -0.2) is 4.98 Å². The van der Waals surface area contributed by atoms with Gasteiger partial charge in [0.2, 0.25) is 5.13 Å². The molecule has 2 aromatic carbocycles. The summed E-state index contributed by atoms with van der Waals surface area (Å²) in [6, 6.07) is 16.4. The molecular formula is C23H26N4OS. The predicted molar refractivity (Wildman–Crippen MR) is 121 cm³/mol. The lowest BCUT2D eigenvalue weighted by Crippen LogP contribution is -2.29. The van der Waals surface area contributed by atoms with Crippen molar-refractivity contribution in [2.75, 3.05) is 25.6 Å². The van der Waals surface area contributed by atoms with E-state index in [0.29, 0.717) is 0 Å². The van der Waals surface area contributed by atoms with Crippen molar-refractivity contribution in [2.24, 2.45) is 5.10 Å². The van der Waals surface area contributed by atoms with E-state index in [1.807, 2.05) is 41.9 Å². The molecule has 0 bridgehead atoms. The maximum Gasteiger partial charge on any atom is 0.203 e. The van der Waals surface area contributed by atoms with E-state index in [4.69, 9.17) is 4.74 Å². The highest BCUT2D eigenvalue weighted by Gasteiger charge is 2.13. The minimum atomic E-state index is 0.780. The Morgan fingerprint density at radius 3 is 2.76 bits per heavy atom. The molecule has 4 rings (SSSR count). The number of nitrogens with zero attached hydrogens (tertiary/aromatic N) is 3. The van der Waals surface area contributed by atoms with Crippen LogP contribution in [-0.2, 0) is 6.54 Å². The number of likely N-dealkylation sites (tertiary alicyclic amines) is 1. The van der Waals surface area contributed by atoms with Gasteiger partial charge in [0, 0.05) is 23.1 Å². The van der Waals surface area contributed by atoms with Gasteiger partial charge in [-0.3, -0.25) is 10.3 Å². The summed E-state index contributed by atoms with van der Waals surface area (Å²) >= 11 is 1.55. The van der Waals surface area contributed by atoms with Crippen LogP contribution in [0.1, 0.15) is 30.4 Å². The van der Waals surface area contributed by atoms with E-state index in [2.05, 4.69) is 38.6 Å². The zero-order chi connectivity index (χ0) is 19.9. The van der Waals surface area contributed by atoms with Crippen LogP contribution in [0.4, 0.5) is 5.13 Å². The van der Waals surface area contributed by atoms with Crippen LogP contribution in [-0.4, -0.2) is 36.3 Å². The summed E-state index contributed by atoms with van der Waals surface area (Å²) in [5.41, 5.74) is 7.37. The maximum atomic E-state index is 5.57. The van der Waals surface area contributed by atoms with Gasteiger partial charge >= 0.3 is 0 Å². The molecule has 0 radical (unpaired) electrons. The second-order valence-corrected chi connectivity index (χ2v) is 8.04. The predicted octanol–water partition coefficient (Wildman–Crippen LogP) is 5.25. The average Bonchev–Trinajstić information content (AvgIpc) is 3.24. The molecule has 3 aromatic rings. The molecule has 1 fully saturated rings. The van der Waals surface area contributed by atoms with Crippen molar-refractivity contribution in [1.82, 2.24) is 9.88 Å². The average molecular weight is 407 g/mol. The summed E-state index contributed by atoms with van der Waals surface area (Å²) in [7, 11) is 1.73. The van der Waals surface area contributed by atoms with Gasteiger partial charge < -0.3 is 4.74 Å². The molecule has 5 nitrogen and oxygen atoms in total. The first kappa shape index (κ1) is 19.6. The van der Waals surface area contributed by atoms with Crippen LogP contribution in [0.3, 0.4) is 0 Å². The molecule has 1 aliphatic rings. The van der Waals surface area contributed by atoms with E-state index in [9.17, 15) is 0 Å². The Morgan fingerprint density at radius 2 is 1.97 bits per heavy atom. The molecule has 150 valence electrons. The topological polar surface area (TPSA) is 49.8 Å². The van der Waals surface area contributed by atoms with Gasteiger partial charge in [0.05, 0.1) is 19.0 Å². The number of nitrogens with one attached hydrogen (secondary N) is 1. The van der Waals surface area contributed by atoms with Crippen molar-refractivity contribution in [3.63, 3.8) is 0 Å². The van der Waals surface area contributed by atoms with Crippen LogP contribution < -0.4 is 10.2 Å². The summed E-state index contributed by atoms with van der Waals surface area (Å²) in [5, 5.41) is 7.20. The monoisotopic (exact) mass is 406 g/mol. The first-order valence-corrected chi connectivity index (χ1v) is 10.9. The minimum absolute atomic E-state index is 0.780. The molecule has 0 unspecified atom stereocenters. The van der Waals surface area contributed by atoms with Crippen molar-refractivity contribution in [2.45, 2.75) is 25.8 Å². The number of thiazole rings is 1. The summed E-state index contributed by atoms with van der Waals surface area (Å²) in [6.45, 7) is 3.25. The molecule has 1 N–H and O–H groups in total. The molecule has 2 heterocycles. The van der Waals surface area contributed by atoms with Crippen molar-refractivity contribution in [1.29, 1.82) is 0 Å². The van der Waals surface area contributed by atoms with Gasteiger partial charge in [0.1, 0.15) is 5.75 Å². The first-order valence-electron chi connectivity index (χ1n) is 10.0. The molecule has 1 aromatic heterocycles. The van der Waals surface area contributed by atoms with Crippen molar-refractivity contribution in [3.8, 4) is 17.0 Å². The van der Waals surface area contributed by atoms with E-state index >= 15 is 0 Å². The summed E-state index contributed by atoms with van der Waals surface area (Å²) in [4.78, 5) is 7.10. The lowest BCUT2D eigenvalue weighted by molar-refractivity contribution is 0.218. The quantitative estimate of drug-likeness (QED) is 0.430. The van der Waals surface area contributed by atoms with E-state index in [1.165, 1.54) is 24.8 Å². The molecule has 6 heteroatoms. The number of rotatable bonds is 7. The summed E-state index contributed by atoms with van der Waals surface area (Å²) < 4.78 is 5.57. The zero-order valence-electron chi connectivity index (χ0n) is 16.7. The molecule has 0 amide bonds. The first-order chi connectivity index (χ1) is 14.3. The molecule has 0 aliphatic carbocycles. The van der Waals surface area contributed by atoms with Gasteiger partial charge in [-0.05, 0) is 49.7 Å². The van der Waals surface area contributed by atoms with Crippen LogP contribution in [0.5, 0.6) is 5.75 Å². The van der Waals surface area contributed by atoms with Gasteiger partial charge in [-0.2, -0.15) is 5.10 Å². The summed E-state index contributed by atoms with van der Waals surface area (Å²) in [6.07, 6.45) is 5.75. The zero-order valence-corrected chi connectivity index (χ0v) is 17.5. The molecule has 1 saturated heterocycles. The lowest BCUT2D eigenvalue weighted by atomic mass is 10.1. The Hall–Kier alpha value is -2.70. The number of anilines is 1. The van der Waals surface area contributed by atoms with Gasteiger partial charge in [-0.15, -0.1) is 11.3 Å². The maximum absolute atomic E-state index is 5.57. The van der Waals surface area contributed by atoms with Gasteiger partial charge in [0.25, 0.3) is 0 Å². The highest BCUT2D eigenvalue weighted by molar-refractivity contribution is 7.14. The third-order valence-electron chi connectivity index (χ3n) is 5.09. The number of hydrazone groups is 1. The van der Waals surface area contributed by atoms with Crippen LogP contribution in [0.2, 0.25) is 0 Å². The smallest absolute Gasteiger partial charge is 0.203 e. The fourth-order valence-electron chi connectivity index (χ4n) is 3.59. The largest absolute Gasteiger partial charge is 0.496 e. The second-order valence-electron chi connectivity index (χ2n) is 7.18. The third-order valence-corrected chi connectivity index (χ3v) is 5.84. The highest BCUT2D eigenvalue weighted by Crippen LogP contribution is 2.25. The Labute approximate surface area is 176 Å². The molecule has 0 atom stereocenters. The van der Waals surface area contributed by atoms with E-state index in [0.717, 1.165) is 47.3 Å². The number of hydrogen-bond donors (Lipinski definition) is 1. The highest BCUT2D eigenvalue weighted by atomic mass is 32.1. The number of hydrogen-bond acceptors (Lipinski definition) is 6. The normalized spacial score (nSPS) is 14.9. The number of ether oxygens (including phenoxy) is 1. The number of methoxy groups -OCH3 is 1. The van der Waals surface area contributed by atoms with Crippen LogP contribution in [0.15, 0.2) is 59.0 Å². The molecule has 0 spiro atoms. The standard InChI is InChI=1S/C23H26N4OS/c1-28-22-11-10-18(14-20(22)16-27-12-6-3-7-13-27)15-24-26-23-25-21(17-29-23)19-8-4-2-5-9-19/h2,4-5,8-11,14-15,17H,3,6-7,12-13,16H2,1H3,(H,25,26). The number of aromatic nitrogens is 1. The van der Waals surface area contributed by atoms with E-state index in [1.54, 1.807) is 18.4 Å². The summed E-state index contributed by atoms with van der Waals surface area (Å²) in [5.74, 6) is 0.938. The minimum Gasteiger partial charge on any atom is -0.496 e. The van der Waals surface area contributed by atoms with Crippen molar-refractivity contribution >= 4 is 22.7 Å². The van der Waals surface area contributed by atoms with Crippen molar-refractivity contribution < 1.29 is 4.74 Å². The second kappa shape index (κ2) is 9.67. The van der Waals surface area contributed by atoms with Crippen LogP contribution in [0.25, 0.3) is 11.3 Å². The van der Waals surface area contributed by atoms with Crippen LogP contribution in [0, 0.1) is 0 Å². The Morgan fingerprint density at radius 1 is 1.14 bits per heavy atom. The number of piperidine rings is 1. The third kappa shape index (κ3) is 5.22. The molecule has 1 aliphatic heterocycles. The fourth-order valence-corrected chi connectivity index (χ4v) is 4.26.